The summed E-state index contributed by atoms with van der Waals surface area (Å²) < 4.78 is 5.47. The van der Waals surface area contributed by atoms with Crippen molar-refractivity contribution in [2.75, 3.05) is 6.61 Å². The highest BCUT2D eigenvalue weighted by Crippen LogP contribution is 2.36. The molecule has 0 saturated carbocycles. The Kier molecular flexibility index (Phi) is 4.38. The van der Waals surface area contributed by atoms with Gasteiger partial charge in [-0.2, -0.15) is 0 Å². The Balaban J connectivity index is 1.77. The van der Waals surface area contributed by atoms with Gasteiger partial charge in [-0.3, -0.25) is 4.90 Å². The number of allylic oxidation sites excluding steroid dienone is 3. The van der Waals surface area contributed by atoms with Crippen LogP contribution in [0.25, 0.3) is 0 Å². The highest BCUT2D eigenvalue weighted by Gasteiger charge is 2.41. The summed E-state index contributed by atoms with van der Waals surface area (Å²) in [4.78, 5) is 14.3. The summed E-state index contributed by atoms with van der Waals surface area (Å²) in [5.74, 6) is 0.0741. The number of nitrogens with zero attached hydrogens (tertiary/aromatic N) is 1. The largest absolute Gasteiger partial charge is 0.447 e. The molecular formula is C22H21NO2. The molecule has 1 saturated heterocycles. The lowest BCUT2D eigenvalue weighted by Crippen LogP contribution is -2.37. The van der Waals surface area contributed by atoms with Crippen LogP contribution in [-0.4, -0.2) is 23.6 Å². The summed E-state index contributed by atoms with van der Waals surface area (Å²) >= 11 is 0. The Hall–Kier alpha value is -2.81. The third kappa shape index (κ3) is 3.10. The Morgan fingerprint density at radius 1 is 0.920 bits per heavy atom. The minimum Gasteiger partial charge on any atom is -0.447 e. The minimum atomic E-state index is -0.250. The fraction of sp³-hybridized carbons (Fsp3) is 0.227. The molecule has 2 aromatic carbocycles. The number of carbonyl (C=O) groups excluding carboxylic acids is 1. The molecule has 3 nitrogen and oxygen atoms in total. The predicted octanol–water partition coefficient (Wildman–Crippen LogP) is 4.87. The zero-order valence-electron chi connectivity index (χ0n) is 14.0. The van der Waals surface area contributed by atoms with Gasteiger partial charge in [0.2, 0.25) is 0 Å². The van der Waals surface area contributed by atoms with Crippen molar-refractivity contribution in [3.05, 3.63) is 95.7 Å². The van der Waals surface area contributed by atoms with E-state index < -0.39 is 0 Å². The van der Waals surface area contributed by atoms with Crippen molar-refractivity contribution < 1.29 is 9.53 Å². The highest BCUT2D eigenvalue weighted by molar-refractivity contribution is 5.74. The average Bonchev–Trinajstić information content (AvgIpc) is 3.05. The fourth-order valence-corrected chi connectivity index (χ4v) is 3.71. The van der Waals surface area contributed by atoms with Gasteiger partial charge in [0.15, 0.2) is 0 Å². The second-order valence-corrected chi connectivity index (χ2v) is 6.42. The summed E-state index contributed by atoms with van der Waals surface area (Å²) in [6.07, 6.45) is 8.03. The van der Waals surface area contributed by atoms with E-state index in [4.69, 9.17) is 4.74 Å². The van der Waals surface area contributed by atoms with Gasteiger partial charge in [-0.15, -0.1) is 0 Å². The molecule has 126 valence electrons. The van der Waals surface area contributed by atoms with Crippen LogP contribution >= 0.6 is 0 Å². The molecule has 1 heterocycles. The molecule has 0 aromatic heterocycles. The smallest absolute Gasteiger partial charge is 0.414 e. The SMILES string of the molecule is O=C1OC[C@@H](C(c2ccccc2)c2ccccc2)N1C1=CCCC=C1. The van der Waals surface area contributed by atoms with Gasteiger partial charge in [-0.25, -0.2) is 4.79 Å². The molecule has 4 rings (SSSR count). The van der Waals surface area contributed by atoms with Crippen LogP contribution in [0.5, 0.6) is 0 Å². The number of ether oxygens (including phenoxy) is 1. The maximum Gasteiger partial charge on any atom is 0.414 e. The normalized spacial score (nSPS) is 19.9. The molecule has 1 atom stereocenters. The number of rotatable bonds is 4. The molecule has 1 aliphatic carbocycles. The van der Waals surface area contributed by atoms with Gasteiger partial charge in [-0.1, -0.05) is 72.8 Å². The van der Waals surface area contributed by atoms with E-state index in [1.165, 1.54) is 11.1 Å². The number of carbonyl (C=O) groups is 1. The van der Waals surface area contributed by atoms with E-state index in [0.717, 1.165) is 18.5 Å². The third-order valence-corrected chi connectivity index (χ3v) is 4.86. The first kappa shape index (κ1) is 15.7. The van der Waals surface area contributed by atoms with Crippen LogP contribution in [0, 0.1) is 0 Å². The summed E-state index contributed by atoms with van der Waals surface area (Å²) in [5, 5.41) is 0. The molecule has 1 aliphatic heterocycles. The number of hydrogen-bond acceptors (Lipinski definition) is 2. The lowest BCUT2D eigenvalue weighted by atomic mass is 9.84. The van der Waals surface area contributed by atoms with Crippen LogP contribution in [0.4, 0.5) is 4.79 Å². The maximum atomic E-state index is 12.5. The van der Waals surface area contributed by atoms with Gasteiger partial charge in [0, 0.05) is 11.6 Å². The lowest BCUT2D eigenvalue weighted by molar-refractivity contribution is 0.164. The topological polar surface area (TPSA) is 29.5 Å². The van der Waals surface area contributed by atoms with Gasteiger partial charge in [0.25, 0.3) is 0 Å². The minimum absolute atomic E-state index is 0.0497. The third-order valence-electron chi connectivity index (χ3n) is 4.86. The molecule has 0 unspecified atom stereocenters. The Labute approximate surface area is 148 Å². The van der Waals surface area contributed by atoms with E-state index in [1.807, 2.05) is 47.4 Å². The van der Waals surface area contributed by atoms with Gasteiger partial charge >= 0.3 is 6.09 Å². The number of amides is 1. The molecule has 0 radical (unpaired) electrons. The second kappa shape index (κ2) is 6.98. The zero-order chi connectivity index (χ0) is 17.1. The number of cyclic esters (lactones) is 1. The predicted molar refractivity (Wildman–Crippen MR) is 98.2 cm³/mol. The standard InChI is InChI=1S/C22H21NO2/c24-22-23(19-14-8-3-9-15-19)20(16-25-22)21(17-10-4-1-5-11-17)18-12-6-2-7-13-18/h1-2,4-8,10-15,20-21H,3,9,16H2/t20-/m0/s1. The van der Waals surface area contributed by atoms with E-state index in [9.17, 15) is 4.79 Å². The van der Waals surface area contributed by atoms with Crippen LogP contribution < -0.4 is 0 Å². The Bertz CT molecular complexity index is 756. The first-order valence-electron chi connectivity index (χ1n) is 8.77. The molecule has 1 amide bonds. The summed E-state index contributed by atoms with van der Waals surface area (Å²) in [7, 11) is 0. The number of hydrogen-bond donors (Lipinski definition) is 0. The molecule has 0 spiro atoms. The van der Waals surface area contributed by atoms with E-state index in [2.05, 4.69) is 36.4 Å². The highest BCUT2D eigenvalue weighted by atomic mass is 16.6. The molecule has 3 heteroatoms. The molecule has 0 N–H and O–H groups in total. The van der Waals surface area contributed by atoms with Crippen molar-refractivity contribution in [2.24, 2.45) is 0 Å². The summed E-state index contributed by atoms with van der Waals surface area (Å²) in [6, 6.07) is 20.7. The maximum absolute atomic E-state index is 12.5. The summed E-state index contributed by atoms with van der Waals surface area (Å²) in [5.41, 5.74) is 3.35. The van der Waals surface area contributed by atoms with Gasteiger partial charge in [0.05, 0.1) is 6.04 Å². The van der Waals surface area contributed by atoms with Crippen molar-refractivity contribution in [2.45, 2.75) is 24.8 Å². The van der Waals surface area contributed by atoms with Crippen molar-refractivity contribution in [3.8, 4) is 0 Å². The van der Waals surface area contributed by atoms with Crippen LogP contribution in [-0.2, 0) is 4.74 Å². The van der Waals surface area contributed by atoms with Crippen LogP contribution in [0.2, 0.25) is 0 Å². The van der Waals surface area contributed by atoms with E-state index in [1.54, 1.807) is 0 Å². The van der Waals surface area contributed by atoms with E-state index in [0.29, 0.717) is 6.61 Å². The van der Waals surface area contributed by atoms with Crippen molar-refractivity contribution in [1.29, 1.82) is 0 Å². The number of benzene rings is 2. The van der Waals surface area contributed by atoms with Crippen LogP contribution in [0.3, 0.4) is 0 Å². The molecule has 1 fully saturated rings. The average molecular weight is 331 g/mol. The van der Waals surface area contributed by atoms with Crippen molar-refractivity contribution in [1.82, 2.24) is 4.90 Å². The van der Waals surface area contributed by atoms with Crippen LogP contribution in [0.15, 0.2) is 84.6 Å². The zero-order valence-corrected chi connectivity index (χ0v) is 14.0. The van der Waals surface area contributed by atoms with Crippen LogP contribution in [0.1, 0.15) is 29.9 Å². The second-order valence-electron chi connectivity index (χ2n) is 6.42. The van der Waals surface area contributed by atoms with Gasteiger partial charge in [-0.05, 0) is 30.0 Å². The Morgan fingerprint density at radius 3 is 2.12 bits per heavy atom. The molecule has 2 aliphatic rings. The van der Waals surface area contributed by atoms with E-state index >= 15 is 0 Å². The van der Waals surface area contributed by atoms with Crippen molar-refractivity contribution >= 4 is 6.09 Å². The first-order chi connectivity index (χ1) is 12.3. The Morgan fingerprint density at radius 2 is 1.56 bits per heavy atom. The first-order valence-corrected chi connectivity index (χ1v) is 8.77. The lowest BCUT2D eigenvalue weighted by Gasteiger charge is -2.31. The molecule has 0 bridgehead atoms. The fourth-order valence-electron chi connectivity index (χ4n) is 3.71. The molecular weight excluding hydrogens is 310 g/mol. The molecule has 2 aromatic rings. The monoisotopic (exact) mass is 331 g/mol. The van der Waals surface area contributed by atoms with Gasteiger partial charge < -0.3 is 4.74 Å². The summed E-state index contributed by atoms with van der Waals surface area (Å²) in [6.45, 7) is 0.401. The van der Waals surface area contributed by atoms with Crippen molar-refractivity contribution in [3.63, 3.8) is 0 Å². The van der Waals surface area contributed by atoms with E-state index in [-0.39, 0.29) is 18.1 Å². The van der Waals surface area contributed by atoms with Gasteiger partial charge in [0.1, 0.15) is 6.61 Å². The molecule has 25 heavy (non-hydrogen) atoms. The quantitative estimate of drug-likeness (QED) is 0.799.